The Balaban J connectivity index is 3.76. The molecule has 0 rings (SSSR count). The van der Waals surface area contributed by atoms with E-state index in [9.17, 15) is 9.59 Å². The molecule has 1 N–H and O–H groups in total. The van der Waals surface area contributed by atoms with Gasteiger partial charge in [0, 0.05) is 6.42 Å². The Bertz CT molecular complexity index is 182. The fourth-order valence-corrected chi connectivity index (χ4v) is 0.886. The average molecular weight is 172 g/mol. The van der Waals surface area contributed by atoms with Crippen molar-refractivity contribution in [1.29, 1.82) is 0 Å². The molecular weight excluding hydrogens is 156 g/mol. The summed E-state index contributed by atoms with van der Waals surface area (Å²) in [5.41, 5.74) is -0.699. The van der Waals surface area contributed by atoms with E-state index < -0.39 is 11.4 Å². The zero-order valence-electron chi connectivity index (χ0n) is 7.89. The molecular formula is C9H16O3. The third kappa shape index (κ3) is 4.11. The van der Waals surface area contributed by atoms with Crippen LogP contribution in [0.2, 0.25) is 0 Å². The number of ketones is 1. The van der Waals surface area contributed by atoms with Crippen molar-refractivity contribution >= 4 is 11.8 Å². The fourth-order valence-electron chi connectivity index (χ4n) is 0.886. The lowest BCUT2D eigenvalue weighted by atomic mass is 9.87. The molecule has 3 nitrogen and oxygen atoms in total. The molecule has 0 aromatic heterocycles. The summed E-state index contributed by atoms with van der Waals surface area (Å²) in [4.78, 5) is 21.2. The highest BCUT2D eigenvalue weighted by atomic mass is 16.4. The number of hydrogen-bond acceptors (Lipinski definition) is 2. The molecule has 3 heteroatoms. The first kappa shape index (κ1) is 11.1. The standard InChI is InChI=1S/C9H16O3/c1-7(10)5-4-6-9(2,3)8(11)12/h4-6H2,1-3H3,(H,11,12). The Morgan fingerprint density at radius 3 is 2.17 bits per heavy atom. The van der Waals surface area contributed by atoms with Crippen LogP contribution in [0.4, 0.5) is 0 Å². The minimum atomic E-state index is -0.800. The van der Waals surface area contributed by atoms with Crippen molar-refractivity contribution in [3.05, 3.63) is 0 Å². The van der Waals surface area contributed by atoms with Crippen LogP contribution >= 0.6 is 0 Å². The summed E-state index contributed by atoms with van der Waals surface area (Å²) in [5, 5.41) is 8.72. The van der Waals surface area contributed by atoms with Crippen LogP contribution in [0.5, 0.6) is 0 Å². The van der Waals surface area contributed by atoms with Gasteiger partial charge in [0.1, 0.15) is 5.78 Å². The van der Waals surface area contributed by atoms with Crippen molar-refractivity contribution in [1.82, 2.24) is 0 Å². The Hall–Kier alpha value is -0.860. The normalized spacial score (nSPS) is 11.2. The van der Waals surface area contributed by atoms with Crippen molar-refractivity contribution in [2.75, 3.05) is 0 Å². The monoisotopic (exact) mass is 172 g/mol. The zero-order valence-corrected chi connectivity index (χ0v) is 7.89. The summed E-state index contributed by atoms with van der Waals surface area (Å²) < 4.78 is 0. The van der Waals surface area contributed by atoms with Gasteiger partial charge < -0.3 is 9.90 Å². The van der Waals surface area contributed by atoms with Gasteiger partial charge in [-0.15, -0.1) is 0 Å². The number of aliphatic carboxylic acids is 1. The minimum Gasteiger partial charge on any atom is -0.481 e. The van der Waals surface area contributed by atoms with Crippen LogP contribution in [0.1, 0.15) is 40.0 Å². The lowest BCUT2D eigenvalue weighted by Gasteiger charge is -2.17. The van der Waals surface area contributed by atoms with Gasteiger partial charge in [-0.1, -0.05) is 0 Å². The minimum absolute atomic E-state index is 0.121. The number of Topliss-reactive ketones (excluding diaryl/α,β-unsaturated/α-hetero) is 1. The van der Waals surface area contributed by atoms with Gasteiger partial charge in [-0.3, -0.25) is 4.79 Å². The van der Waals surface area contributed by atoms with Crippen LogP contribution in [0.15, 0.2) is 0 Å². The second-order valence-electron chi connectivity index (χ2n) is 3.74. The topological polar surface area (TPSA) is 54.4 Å². The van der Waals surface area contributed by atoms with Gasteiger partial charge in [-0.05, 0) is 33.6 Å². The van der Waals surface area contributed by atoms with Gasteiger partial charge in [0.05, 0.1) is 5.41 Å². The maximum Gasteiger partial charge on any atom is 0.309 e. The highest BCUT2D eigenvalue weighted by molar-refractivity contribution is 5.76. The van der Waals surface area contributed by atoms with Crippen LogP contribution in [-0.2, 0) is 9.59 Å². The number of carboxylic acids is 1. The van der Waals surface area contributed by atoms with E-state index in [-0.39, 0.29) is 5.78 Å². The van der Waals surface area contributed by atoms with Crippen molar-refractivity contribution in [2.24, 2.45) is 5.41 Å². The number of carbonyl (C=O) groups excluding carboxylic acids is 1. The maximum atomic E-state index is 10.6. The van der Waals surface area contributed by atoms with Crippen LogP contribution in [0, 0.1) is 5.41 Å². The van der Waals surface area contributed by atoms with Crippen LogP contribution in [0.3, 0.4) is 0 Å². The number of hydrogen-bond donors (Lipinski definition) is 1. The van der Waals surface area contributed by atoms with Gasteiger partial charge in [-0.2, -0.15) is 0 Å². The van der Waals surface area contributed by atoms with Crippen molar-refractivity contribution in [3.8, 4) is 0 Å². The highest BCUT2D eigenvalue weighted by Gasteiger charge is 2.26. The van der Waals surface area contributed by atoms with Crippen molar-refractivity contribution < 1.29 is 14.7 Å². The smallest absolute Gasteiger partial charge is 0.309 e. The lowest BCUT2D eigenvalue weighted by Crippen LogP contribution is -2.23. The van der Waals surface area contributed by atoms with Crippen LogP contribution in [0.25, 0.3) is 0 Å². The molecule has 0 fully saturated rings. The molecule has 0 saturated carbocycles. The number of carboxylic acid groups (broad SMARTS) is 1. The molecule has 0 heterocycles. The molecule has 0 aliphatic carbocycles. The summed E-state index contributed by atoms with van der Waals surface area (Å²) in [5.74, 6) is -0.678. The Morgan fingerprint density at radius 2 is 1.83 bits per heavy atom. The SMILES string of the molecule is CC(=O)CCCC(C)(C)C(=O)O. The van der Waals surface area contributed by atoms with Crippen LogP contribution in [-0.4, -0.2) is 16.9 Å². The third-order valence-electron chi connectivity index (χ3n) is 1.91. The third-order valence-corrected chi connectivity index (χ3v) is 1.91. The molecule has 0 spiro atoms. The van der Waals surface area contributed by atoms with Gasteiger partial charge >= 0.3 is 5.97 Å². The molecule has 0 unspecified atom stereocenters. The second kappa shape index (κ2) is 4.24. The lowest BCUT2D eigenvalue weighted by molar-refractivity contribution is -0.147. The predicted molar refractivity (Wildman–Crippen MR) is 45.9 cm³/mol. The van der Waals surface area contributed by atoms with E-state index in [1.54, 1.807) is 13.8 Å². The predicted octanol–water partition coefficient (Wildman–Crippen LogP) is 1.86. The maximum absolute atomic E-state index is 10.6. The molecule has 0 radical (unpaired) electrons. The largest absolute Gasteiger partial charge is 0.481 e. The van der Waals surface area contributed by atoms with E-state index in [4.69, 9.17) is 5.11 Å². The van der Waals surface area contributed by atoms with Crippen LogP contribution < -0.4 is 0 Å². The fraction of sp³-hybridized carbons (Fsp3) is 0.778. The van der Waals surface area contributed by atoms with E-state index in [0.717, 1.165) is 0 Å². The molecule has 12 heavy (non-hydrogen) atoms. The quantitative estimate of drug-likeness (QED) is 0.688. The molecule has 0 atom stereocenters. The molecule has 0 aromatic rings. The first-order valence-electron chi connectivity index (χ1n) is 4.09. The Morgan fingerprint density at radius 1 is 1.33 bits per heavy atom. The molecule has 70 valence electrons. The van der Waals surface area contributed by atoms with E-state index in [1.165, 1.54) is 6.92 Å². The summed E-state index contributed by atoms with van der Waals surface area (Å²) in [6.45, 7) is 4.87. The summed E-state index contributed by atoms with van der Waals surface area (Å²) in [6, 6.07) is 0. The molecule has 0 aliphatic rings. The first-order chi connectivity index (χ1) is 5.36. The summed E-state index contributed by atoms with van der Waals surface area (Å²) in [6.07, 6.45) is 1.70. The van der Waals surface area contributed by atoms with Crippen molar-refractivity contribution in [3.63, 3.8) is 0 Å². The molecule has 0 saturated heterocycles. The summed E-state index contributed by atoms with van der Waals surface area (Å²) in [7, 11) is 0. The Labute approximate surface area is 72.8 Å². The number of rotatable bonds is 5. The molecule has 0 aromatic carbocycles. The second-order valence-corrected chi connectivity index (χ2v) is 3.74. The summed E-state index contributed by atoms with van der Waals surface area (Å²) >= 11 is 0. The zero-order chi connectivity index (χ0) is 9.78. The van der Waals surface area contributed by atoms with E-state index in [1.807, 2.05) is 0 Å². The van der Waals surface area contributed by atoms with E-state index in [0.29, 0.717) is 19.3 Å². The molecule has 0 amide bonds. The Kier molecular flexibility index (Phi) is 3.93. The highest BCUT2D eigenvalue weighted by Crippen LogP contribution is 2.23. The van der Waals surface area contributed by atoms with Gasteiger partial charge in [-0.25, -0.2) is 0 Å². The van der Waals surface area contributed by atoms with Gasteiger partial charge in [0.2, 0.25) is 0 Å². The van der Waals surface area contributed by atoms with E-state index in [2.05, 4.69) is 0 Å². The molecule has 0 bridgehead atoms. The van der Waals surface area contributed by atoms with Gasteiger partial charge in [0.15, 0.2) is 0 Å². The number of carbonyl (C=O) groups is 2. The first-order valence-corrected chi connectivity index (χ1v) is 4.09. The van der Waals surface area contributed by atoms with E-state index >= 15 is 0 Å². The van der Waals surface area contributed by atoms with Gasteiger partial charge in [0.25, 0.3) is 0 Å². The van der Waals surface area contributed by atoms with Crippen molar-refractivity contribution in [2.45, 2.75) is 40.0 Å². The molecule has 0 aliphatic heterocycles. The average Bonchev–Trinajstić information content (AvgIpc) is 1.85.